The van der Waals surface area contributed by atoms with Gasteiger partial charge in [0, 0.05) is 0 Å². The zero-order chi connectivity index (χ0) is 11.3. The summed E-state index contributed by atoms with van der Waals surface area (Å²) in [6, 6.07) is -0.637. The van der Waals surface area contributed by atoms with E-state index in [2.05, 4.69) is 0 Å². The summed E-state index contributed by atoms with van der Waals surface area (Å²) in [7, 11) is 0. The highest BCUT2D eigenvalue weighted by Gasteiger charge is 2.48. The van der Waals surface area contributed by atoms with Crippen LogP contribution in [0.1, 0.15) is 38.5 Å². The molecule has 0 aromatic rings. The van der Waals surface area contributed by atoms with Crippen LogP contribution in [0.5, 0.6) is 0 Å². The number of carboxylic acid groups (broad SMARTS) is 1. The van der Waals surface area contributed by atoms with Crippen LogP contribution >= 0.6 is 0 Å². The number of carboxylic acids is 1. The van der Waals surface area contributed by atoms with E-state index in [1.54, 1.807) is 0 Å². The third-order valence-electron chi connectivity index (χ3n) is 5.27. The molecular formula is C13H21NO2. The molecule has 0 spiro atoms. The van der Waals surface area contributed by atoms with Gasteiger partial charge in [0.15, 0.2) is 0 Å². The third-order valence-corrected chi connectivity index (χ3v) is 5.27. The Balaban J connectivity index is 1.70. The van der Waals surface area contributed by atoms with Crippen LogP contribution in [0.15, 0.2) is 0 Å². The highest BCUT2D eigenvalue weighted by Crippen LogP contribution is 2.57. The molecule has 0 amide bonds. The average Bonchev–Trinajstić information content (AvgIpc) is 2.21. The van der Waals surface area contributed by atoms with Crippen molar-refractivity contribution in [1.29, 1.82) is 0 Å². The number of rotatable bonds is 3. The highest BCUT2D eigenvalue weighted by atomic mass is 16.4. The minimum Gasteiger partial charge on any atom is -0.480 e. The fraction of sp³-hybridized carbons (Fsp3) is 0.923. The zero-order valence-electron chi connectivity index (χ0n) is 9.64. The molecule has 16 heavy (non-hydrogen) atoms. The van der Waals surface area contributed by atoms with Crippen molar-refractivity contribution in [3.8, 4) is 0 Å². The topological polar surface area (TPSA) is 63.3 Å². The van der Waals surface area contributed by atoms with Gasteiger partial charge in [-0.15, -0.1) is 0 Å². The Morgan fingerprint density at radius 1 is 1.12 bits per heavy atom. The van der Waals surface area contributed by atoms with Gasteiger partial charge in [-0.3, -0.25) is 4.79 Å². The Hall–Kier alpha value is -0.570. The molecule has 4 aliphatic carbocycles. The molecule has 0 saturated heterocycles. The molecule has 4 aliphatic rings. The Kier molecular flexibility index (Phi) is 2.46. The highest BCUT2D eigenvalue weighted by molar-refractivity contribution is 5.73. The lowest BCUT2D eigenvalue weighted by Gasteiger charge is -2.54. The van der Waals surface area contributed by atoms with Crippen LogP contribution in [-0.4, -0.2) is 17.1 Å². The van der Waals surface area contributed by atoms with Gasteiger partial charge in [-0.25, -0.2) is 0 Å². The van der Waals surface area contributed by atoms with Crippen LogP contribution in [0.4, 0.5) is 0 Å². The first-order chi connectivity index (χ1) is 7.63. The summed E-state index contributed by atoms with van der Waals surface area (Å²) in [6.45, 7) is 0. The lowest BCUT2D eigenvalue weighted by atomic mass is 9.51. The summed E-state index contributed by atoms with van der Waals surface area (Å²) in [4.78, 5) is 10.8. The molecule has 0 aliphatic heterocycles. The second kappa shape index (κ2) is 3.73. The molecule has 4 rings (SSSR count). The Morgan fingerprint density at radius 3 is 2.06 bits per heavy atom. The first kappa shape index (κ1) is 10.6. The molecule has 90 valence electrons. The van der Waals surface area contributed by atoms with Gasteiger partial charge in [-0.1, -0.05) is 0 Å². The molecule has 0 heterocycles. The van der Waals surface area contributed by atoms with Crippen LogP contribution in [0.25, 0.3) is 0 Å². The fourth-order valence-corrected chi connectivity index (χ4v) is 4.82. The van der Waals surface area contributed by atoms with Gasteiger partial charge in [0.05, 0.1) is 0 Å². The largest absolute Gasteiger partial charge is 0.480 e. The fourth-order valence-electron chi connectivity index (χ4n) is 4.82. The molecule has 4 saturated carbocycles. The number of nitrogens with two attached hydrogens (primary N) is 1. The second-order valence-corrected chi connectivity index (χ2v) is 6.28. The molecule has 3 heteroatoms. The van der Waals surface area contributed by atoms with Crippen molar-refractivity contribution >= 4 is 5.97 Å². The Labute approximate surface area is 96.4 Å². The van der Waals surface area contributed by atoms with E-state index < -0.39 is 12.0 Å². The second-order valence-electron chi connectivity index (χ2n) is 6.28. The monoisotopic (exact) mass is 223 g/mol. The van der Waals surface area contributed by atoms with Gasteiger partial charge in [0.2, 0.25) is 0 Å². The van der Waals surface area contributed by atoms with Gasteiger partial charge in [-0.05, 0) is 68.1 Å². The summed E-state index contributed by atoms with van der Waals surface area (Å²) in [5, 5.41) is 8.91. The van der Waals surface area contributed by atoms with Gasteiger partial charge in [0.25, 0.3) is 0 Å². The van der Waals surface area contributed by atoms with Gasteiger partial charge in [-0.2, -0.15) is 0 Å². The maximum atomic E-state index is 10.8. The first-order valence-corrected chi connectivity index (χ1v) is 6.62. The smallest absolute Gasteiger partial charge is 0.320 e. The minimum absolute atomic E-state index is 0.610. The van der Waals surface area contributed by atoms with Crippen molar-refractivity contribution in [3.05, 3.63) is 0 Å². The molecule has 4 fully saturated rings. The quantitative estimate of drug-likeness (QED) is 0.767. The molecular weight excluding hydrogens is 202 g/mol. The van der Waals surface area contributed by atoms with E-state index >= 15 is 0 Å². The zero-order valence-corrected chi connectivity index (χ0v) is 9.64. The molecule has 3 nitrogen and oxygen atoms in total. The third kappa shape index (κ3) is 1.65. The van der Waals surface area contributed by atoms with Gasteiger partial charge < -0.3 is 10.8 Å². The van der Waals surface area contributed by atoms with Crippen LogP contribution in [0.2, 0.25) is 0 Å². The summed E-state index contributed by atoms with van der Waals surface area (Å²) < 4.78 is 0. The maximum absolute atomic E-state index is 10.8. The standard InChI is InChI=1S/C13H21NO2/c14-12(13(15)16)6-11-9-2-7-1-8(4-9)5-10(11)3-7/h7-12H,1-6,14H2,(H,15,16). The number of aliphatic carboxylic acids is 1. The van der Waals surface area contributed by atoms with Crippen LogP contribution in [-0.2, 0) is 4.79 Å². The predicted molar refractivity (Wildman–Crippen MR) is 60.8 cm³/mol. The van der Waals surface area contributed by atoms with Crippen LogP contribution in [0.3, 0.4) is 0 Å². The van der Waals surface area contributed by atoms with E-state index in [4.69, 9.17) is 10.8 Å². The van der Waals surface area contributed by atoms with Crippen LogP contribution < -0.4 is 5.73 Å². The van der Waals surface area contributed by atoms with Crippen LogP contribution in [0, 0.1) is 29.6 Å². The van der Waals surface area contributed by atoms with Crippen molar-refractivity contribution in [2.24, 2.45) is 35.3 Å². The lowest BCUT2D eigenvalue weighted by molar-refractivity contribution is -0.140. The SMILES string of the molecule is NC(CC1C2CC3CC(C2)CC1C3)C(=O)O. The molecule has 0 radical (unpaired) electrons. The van der Waals surface area contributed by atoms with E-state index in [1.165, 1.54) is 32.1 Å². The summed E-state index contributed by atoms with van der Waals surface area (Å²) in [6.07, 6.45) is 7.57. The summed E-state index contributed by atoms with van der Waals surface area (Å²) in [5.41, 5.74) is 5.70. The van der Waals surface area contributed by atoms with Gasteiger partial charge in [0.1, 0.15) is 6.04 Å². The van der Waals surface area contributed by atoms with Crippen molar-refractivity contribution in [2.75, 3.05) is 0 Å². The van der Waals surface area contributed by atoms with Crippen molar-refractivity contribution in [3.63, 3.8) is 0 Å². The normalized spacial score (nSPS) is 46.9. The number of hydrogen-bond donors (Lipinski definition) is 2. The molecule has 1 unspecified atom stereocenters. The summed E-state index contributed by atoms with van der Waals surface area (Å²) >= 11 is 0. The van der Waals surface area contributed by atoms with E-state index in [1.807, 2.05) is 0 Å². The Bertz CT molecular complexity index is 274. The summed E-state index contributed by atoms with van der Waals surface area (Å²) in [5.74, 6) is 3.29. The van der Waals surface area contributed by atoms with Crippen molar-refractivity contribution in [1.82, 2.24) is 0 Å². The number of hydrogen-bond acceptors (Lipinski definition) is 2. The van der Waals surface area contributed by atoms with E-state index in [0.29, 0.717) is 12.3 Å². The van der Waals surface area contributed by atoms with Gasteiger partial charge >= 0.3 is 5.97 Å². The van der Waals surface area contributed by atoms with E-state index in [9.17, 15) is 4.79 Å². The molecule has 1 atom stereocenters. The van der Waals surface area contributed by atoms with Crippen molar-refractivity contribution in [2.45, 2.75) is 44.6 Å². The molecule has 0 aromatic heterocycles. The molecule has 4 bridgehead atoms. The van der Waals surface area contributed by atoms with E-state index in [0.717, 1.165) is 23.7 Å². The predicted octanol–water partition coefficient (Wildman–Crippen LogP) is 1.86. The minimum atomic E-state index is -0.825. The molecule has 3 N–H and O–H groups in total. The molecule has 0 aromatic carbocycles. The average molecular weight is 223 g/mol. The number of carbonyl (C=O) groups is 1. The lowest BCUT2D eigenvalue weighted by Crippen LogP contribution is -2.47. The maximum Gasteiger partial charge on any atom is 0.320 e. The van der Waals surface area contributed by atoms with Crippen molar-refractivity contribution < 1.29 is 9.90 Å². The van der Waals surface area contributed by atoms with E-state index in [-0.39, 0.29) is 0 Å². The Morgan fingerprint density at radius 2 is 1.62 bits per heavy atom. The first-order valence-electron chi connectivity index (χ1n) is 6.62.